The largest absolute Gasteiger partial charge is 0.465 e. The summed E-state index contributed by atoms with van der Waals surface area (Å²) in [6.07, 6.45) is 0. The van der Waals surface area contributed by atoms with E-state index in [0.717, 1.165) is 11.1 Å². The Hall–Kier alpha value is -3.77. The van der Waals surface area contributed by atoms with Gasteiger partial charge in [-0.1, -0.05) is 54.6 Å². The van der Waals surface area contributed by atoms with Crippen LogP contribution >= 0.6 is 11.3 Å². The van der Waals surface area contributed by atoms with Gasteiger partial charge in [-0.05, 0) is 41.0 Å². The minimum absolute atomic E-state index is 0.244. The number of rotatable bonds is 5. The van der Waals surface area contributed by atoms with Crippen LogP contribution in [0.2, 0.25) is 0 Å². The molecule has 0 unspecified atom stereocenters. The second kappa shape index (κ2) is 8.93. The Morgan fingerprint density at radius 3 is 2.10 bits per heavy atom. The van der Waals surface area contributed by atoms with Crippen LogP contribution in [0.1, 0.15) is 20.7 Å². The van der Waals surface area contributed by atoms with Crippen LogP contribution in [0.15, 0.2) is 84.2 Å². The van der Waals surface area contributed by atoms with E-state index in [1.54, 1.807) is 29.6 Å². The van der Waals surface area contributed by atoms with E-state index in [0.29, 0.717) is 21.7 Å². The minimum atomic E-state index is -0.574. The zero-order valence-electron chi connectivity index (χ0n) is 16.6. The Labute approximate surface area is 182 Å². The van der Waals surface area contributed by atoms with Gasteiger partial charge >= 0.3 is 5.97 Å². The van der Waals surface area contributed by atoms with Gasteiger partial charge in [0.25, 0.3) is 5.91 Å². The molecule has 31 heavy (non-hydrogen) atoms. The number of esters is 1. The first kappa shape index (κ1) is 20.5. The molecule has 0 atom stereocenters. The van der Waals surface area contributed by atoms with Gasteiger partial charge in [0.05, 0.1) is 7.11 Å². The van der Waals surface area contributed by atoms with Crippen LogP contribution in [-0.2, 0) is 4.74 Å². The monoisotopic (exact) mass is 431 g/mol. The van der Waals surface area contributed by atoms with Gasteiger partial charge in [-0.15, -0.1) is 11.3 Å². The van der Waals surface area contributed by atoms with Gasteiger partial charge in [0.1, 0.15) is 16.4 Å². The number of halogens is 1. The number of benzene rings is 3. The Morgan fingerprint density at radius 2 is 1.45 bits per heavy atom. The molecule has 1 N–H and O–H groups in total. The maximum absolute atomic E-state index is 13.3. The van der Waals surface area contributed by atoms with Crippen molar-refractivity contribution in [1.29, 1.82) is 0 Å². The topological polar surface area (TPSA) is 55.4 Å². The van der Waals surface area contributed by atoms with Crippen molar-refractivity contribution < 1.29 is 18.7 Å². The van der Waals surface area contributed by atoms with E-state index in [-0.39, 0.29) is 17.3 Å². The molecule has 1 amide bonds. The molecule has 4 rings (SSSR count). The third-order valence-corrected chi connectivity index (χ3v) is 5.71. The molecule has 0 saturated carbocycles. The molecule has 0 aliphatic heterocycles. The number of amides is 1. The molecule has 1 heterocycles. The predicted molar refractivity (Wildman–Crippen MR) is 121 cm³/mol. The third-order valence-electron chi connectivity index (χ3n) is 4.82. The Kier molecular flexibility index (Phi) is 5.91. The van der Waals surface area contributed by atoms with Crippen molar-refractivity contribution in [2.75, 3.05) is 12.4 Å². The van der Waals surface area contributed by atoms with Gasteiger partial charge in [0.2, 0.25) is 0 Å². The van der Waals surface area contributed by atoms with E-state index in [1.807, 2.05) is 42.5 Å². The number of carbonyl (C=O) groups is 2. The number of anilines is 1. The third kappa shape index (κ3) is 4.39. The van der Waals surface area contributed by atoms with E-state index in [9.17, 15) is 14.0 Å². The normalized spacial score (nSPS) is 10.5. The molecule has 0 aliphatic carbocycles. The number of thiophene rings is 1. The number of hydrogen-bond donors (Lipinski definition) is 1. The standard InChI is InChI=1S/C25H18FNO3S/c1-30-25(29)22-21(18-11-13-20(26)14-12-18)15-31-24(22)27-23(28)19-9-7-17(8-10-19)16-5-3-2-4-6-16/h2-15H,1H3,(H,27,28). The molecule has 4 nitrogen and oxygen atoms in total. The lowest BCUT2D eigenvalue weighted by Gasteiger charge is -2.09. The van der Waals surface area contributed by atoms with Crippen LogP contribution in [0.4, 0.5) is 9.39 Å². The summed E-state index contributed by atoms with van der Waals surface area (Å²) in [7, 11) is 1.28. The first-order valence-electron chi connectivity index (χ1n) is 9.49. The summed E-state index contributed by atoms with van der Waals surface area (Å²) >= 11 is 1.22. The summed E-state index contributed by atoms with van der Waals surface area (Å²) in [6, 6.07) is 22.9. The lowest BCUT2D eigenvalue weighted by Crippen LogP contribution is -2.14. The van der Waals surface area contributed by atoms with Crippen LogP contribution in [0.5, 0.6) is 0 Å². The Bertz CT molecular complexity index is 1220. The van der Waals surface area contributed by atoms with Crippen molar-refractivity contribution in [3.8, 4) is 22.3 Å². The first-order chi connectivity index (χ1) is 15.1. The highest BCUT2D eigenvalue weighted by atomic mass is 32.1. The zero-order valence-corrected chi connectivity index (χ0v) is 17.4. The van der Waals surface area contributed by atoms with Gasteiger partial charge in [-0.2, -0.15) is 0 Å². The van der Waals surface area contributed by atoms with E-state index in [2.05, 4.69) is 5.32 Å². The first-order valence-corrected chi connectivity index (χ1v) is 10.4. The van der Waals surface area contributed by atoms with Gasteiger partial charge in [0, 0.05) is 16.5 Å². The summed E-state index contributed by atoms with van der Waals surface area (Å²) in [4.78, 5) is 25.2. The fraction of sp³-hybridized carbons (Fsp3) is 0.0400. The number of hydrogen-bond acceptors (Lipinski definition) is 4. The molecular weight excluding hydrogens is 413 g/mol. The summed E-state index contributed by atoms with van der Waals surface area (Å²) in [5, 5.41) is 4.93. The van der Waals surface area contributed by atoms with Crippen LogP contribution in [0.25, 0.3) is 22.3 Å². The van der Waals surface area contributed by atoms with E-state index in [4.69, 9.17) is 4.74 Å². The highest BCUT2D eigenvalue weighted by Crippen LogP contribution is 2.36. The average Bonchev–Trinajstić information content (AvgIpc) is 3.23. The van der Waals surface area contributed by atoms with Crippen molar-refractivity contribution in [2.45, 2.75) is 0 Å². The van der Waals surface area contributed by atoms with Crippen LogP contribution < -0.4 is 5.32 Å². The van der Waals surface area contributed by atoms with Gasteiger partial charge in [-0.3, -0.25) is 4.79 Å². The number of carbonyl (C=O) groups excluding carboxylic acids is 2. The summed E-state index contributed by atoms with van der Waals surface area (Å²) < 4.78 is 18.2. The highest BCUT2D eigenvalue weighted by molar-refractivity contribution is 7.15. The van der Waals surface area contributed by atoms with Crippen LogP contribution in [-0.4, -0.2) is 19.0 Å². The molecule has 0 fully saturated rings. The predicted octanol–water partition coefficient (Wildman–Crippen LogP) is 6.26. The van der Waals surface area contributed by atoms with Crippen molar-refractivity contribution >= 4 is 28.2 Å². The van der Waals surface area contributed by atoms with Crippen molar-refractivity contribution in [3.05, 3.63) is 101 Å². The molecule has 0 radical (unpaired) electrons. The Balaban J connectivity index is 1.61. The van der Waals surface area contributed by atoms with Crippen molar-refractivity contribution in [2.24, 2.45) is 0 Å². The highest BCUT2D eigenvalue weighted by Gasteiger charge is 2.22. The Morgan fingerprint density at radius 1 is 0.839 bits per heavy atom. The molecule has 1 aromatic heterocycles. The van der Waals surface area contributed by atoms with E-state index < -0.39 is 5.97 Å². The molecular formula is C25H18FNO3S. The molecule has 3 aromatic carbocycles. The van der Waals surface area contributed by atoms with Gasteiger partial charge in [0.15, 0.2) is 0 Å². The summed E-state index contributed by atoms with van der Waals surface area (Å²) in [5.74, 6) is -1.28. The summed E-state index contributed by atoms with van der Waals surface area (Å²) in [5.41, 5.74) is 4.00. The number of methoxy groups -OCH3 is 1. The van der Waals surface area contributed by atoms with E-state index in [1.165, 1.54) is 30.6 Å². The lowest BCUT2D eigenvalue weighted by atomic mass is 10.0. The second-order valence-electron chi connectivity index (χ2n) is 6.75. The summed E-state index contributed by atoms with van der Waals surface area (Å²) in [6.45, 7) is 0. The minimum Gasteiger partial charge on any atom is -0.465 e. The fourth-order valence-electron chi connectivity index (χ4n) is 3.22. The average molecular weight is 431 g/mol. The number of ether oxygens (including phenoxy) is 1. The maximum atomic E-state index is 13.3. The van der Waals surface area contributed by atoms with Gasteiger partial charge in [-0.25, -0.2) is 9.18 Å². The van der Waals surface area contributed by atoms with Crippen molar-refractivity contribution in [1.82, 2.24) is 0 Å². The molecule has 6 heteroatoms. The number of nitrogens with one attached hydrogen (secondary N) is 1. The lowest BCUT2D eigenvalue weighted by molar-refractivity contribution is 0.0603. The molecule has 0 aliphatic rings. The molecule has 4 aromatic rings. The fourth-order valence-corrected chi connectivity index (χ4v) is 4.17. The van der Waals surface area contributed by atoms with Crippen LogP contribution in [0, 0.1) is 5.82 Å². The zero-order chi connectivity index (χ0) is 21.8. The second-order valence-corrected chi connectivity index (χ2v) is 7.63. The smallest absolute Gasteiger partial charge is 0.341 e. The van der Waals surface area contributed by atoms with Crippen molar-refractivity contribution in [3.63, 3.8) is 0 Å². The van der Waals surface area contributed by atoms with Gasteiger partial charge < -0.3 is 10.1 Å². The molecule has 0 bridgehead atoms. The SMILES string of the molecule is COC(=O)c1c(-c2ccc(F)cc2)csc1NC(=O)c1ccc(-c2ccccc2)cc1. The molecule has 154 valence electrons. The quantitative estimate of drug-likeness (QED) is 0.380. The van der Waals surface area contributed by atoms with E-state index >= 15 is 0 Å². The molecule has 0 saturated heterocycles. The molecule has 0 spiro atoms. The van der Waals surface area contributed by atoms with Crippen LogP contribution in [0.3, 0.4) is 0 Å². The maximum Gasteiger partial charge on any atom is 0.341 e.